The topological polar surface area (TPSA) is 41.6 Å². The van der Waals surface area contributed by atoms with E-state index < -0.39 is 0 Å². The van der Waals surface area contributed by atoms with Crippen molar-refractivity contribution in [1.29, 1.82) is 0 Å². The molecule has 0 saturated carbocycles. The molecule has 2 saturated heterocycles. The maximum absolute atomic E-state index is 11.9. The SMILES string of the molecule is CCC(C)(C)OC(=O)N1C[C@H]2C[C@@H]1CN2. The molecule has 2 aliphatic rings. The van der Waals surface area contributed by atoms with Gasteiger partial charge in [-0.15, -0.1) is 0 Å². The van der Waals surface area contributed by atoms with Crippen LogP contribution in [-0.4, -0.2) is 41.8 Å². The molecule has 1 amide bonds. The number of fused-ring (bicyclic) bond motifs is 2. The Kier molecular flexibility index (Phi) is 2.63. The molecule has 0 aromatic carbocycles. The molecule has 2 bridgehead atoms. The molecule has 2 aliphatic heterocycles. The van der Waals surface area contributed by atoms with Crippen LogP contribution in [0.4, 0.5) is 4.79 Å². The second-order valence-electron chi connectivity index (χ2n) is 5.13. The molecule has 0 unspecified atom stereocenters. The molecule has 1 N–H and O–H groups in total. The number of nitrogens with zero attached hydrogens (tertiary/aromatic N) is 1. The lowest BCUT2D eigenvalue weighted by molar-refractivity contribution is 0.00741. The summed E-state index contributed by atoms with van der Waals surface area (Å²) in [6, 6.07) is 0.849. The van der Waals surface area contributed by atoms with E-state index in [1.165, 1.54) is 0 Å². The number of carbonyl (C=O) groups is 1. The minimum absolute atomic E-state index is 0.143. The zero-order valence-electron chi connectivity index (χ0n) is 9.75. The van der Waals surface area contributed by atoms with Gasteiger partial charge in [-0.1, -0.05) is 6.92 Å². The second kappa shape index (κ2) is 3.67. The van der Waals surface area contributed by atoms with Crippen LogP contribution in [0.5, 0.6) is 0 Å². The fourth-order valence-electron chi connectivity index (χ4n) is 2.15. The lowest BCUT2D eigenvalue weighted by Gasteiger charge is -2.31. The molecular formula is C11H20N2O2. The number of carbonyl (C=O) groups excluding carboxylic acids is 1. The van der Waals surface area contributed by atoms with Gasteiger partial charge in [-0.3, -0.25) is 0 Å². The van der Waals surface area contributed by atoms with Gasteiger partial charge in [0.05, 0.1) is 0 Å². The Labute approximate surface area is 91.0 Å². The molecular weight excluding hydrogens is 192 g/mol. The fraction of sp³-hybridized carbons (Fsp3) is 0.909. The van der Waals surface area contributed by atoms with Gasteiger partial charge in [0.2, 0.25) is 0 Å². The summed E-state index contributed by atoms with van der Waals surface area (Å²) in [6.45, 7) is 7.68. The molecule has 4 heteroatoms. The first kappa shape index (κ1) is 10.7. The molecule has 0 aromatic rings. The standard InChI is InChI=1S/C11H20N2O2/c1-4-11(2,3)15-10(14)13-7-8-5-9(13)6-12-8/h8-9,12H,4-7H2,1-3H3/t8-,9-/m1/s1. The van der Waals surface area contributed by atoms with E-state index in [-0.39, 0.29) is 11.7 Å². The predicted octanol–water partition coefficient (Wildman–Crippen LogP) is 1.36. The van der Waals surface area contributed by atoms with Crippen LogP contribution in [0.2, 0.25) is 0 Å². The van der Waals surface area contributed by atoms with Crippen molar-refractivity contribution in [2.24, 2.45) is 0 Å². The Morgan fingerprint density at radius 3 is 2.80 bits per heavy atom. The number of amides is 1. The summed E-state index contributed by atoms with van der Waals surface area (Å²) in [5.41, 5.74) is -0.341. The number of ether oxygens (including phenoxy) is 1. The zero-order chi connectivity index (χ0) is 11.1. The highest BCUT2D eigenvalue weighted by Gasteiger charge is 2.41. The number of hydrogen-bond donors (Lipinski definition) is 1. The fourth-order valence-corrected chi connectivity index (χ4v) is 2.15. The zero-order valence-corrected chi connectivity index (χ0v) is 9.75. The Balaban J connectivity index is 1.92. The number of piperazine rings is 1. The van der Waals surface area contributed by atoms with Crippen LogP contribution in [0, 0.1) is 0 Å². The van der Waals surface area contributed by atoms with Crippen LogP contribution in [0.15, 0.2) is 0 Å². The van der Waals surface area contributed by atoms with Crippen LogP contribution in [0.3, 0.4) is 0 Å². The summed E-state index contributed by atoms with van der Waals surface area (Å²) in [7, 11) is 0. The number of rotatable bonds is 2. The van der Waals surface area contributed by atoms with Gasteiger partial charge in [-0.2, -0.15) is 0 Å². The van der Waals surface area contributed by atoms with Gasteiger partial charge in [0, 0.05) is 25.2 Å². The van der Waals surface area contributed by atoms with Crippen LogP contribution >= 0.6 is 0 Å². The van der Waals surface area contributed by atoms with Gasteiger partial charge in [-0.25, -0.2) is 4.79 Å². The van der Waals surface area contributed by atoms with Crippen molar-refractivity contribution in [1.82, 2.24) is 10.2 Å². The van der Waals surface area contributed by atoms with Gasteiger partial charge in [0.25, 0.3) is 0 Å². The average Bonchev–Trinajstić information content (AvgIpc) is 2.78. The normalized spacial score (nSPS) is 29.7. The first-order chi connectivity index (χ1) is 7.02. The quantitative estimate of drug-likeness (QED) is 0.751. The third kappa shape index (κ3) is 2.09. The van der Waals surface area contributed by atoms with Crippen molar-refractivity contribution in [2.75, 3.05) is 13.1 Å². The van der Waals surface area contributed by atoms with Gasteiger partial charge in [0.15, 0.2) is 0 Å². The van der Waals surface area contributed by atoms with E-state index in [9.17, 15) is 4.79 Å². The molecule has 0 aliphatic carbocycles. The summed E-state index contributed by atoms with van der Waals surface area (Å²) in [5, 5.41) is 3.37. The minimum Gasteiger partial charge on any atom is -0.443 e. The van der Waals surface area contributed by atoms with Crippen molar-refractivity contribution in [3.8, 4) is 0 Å². The lowest BCUT2D eigenvalue weighted by atomic mass is 10.1. The van der Waals surface area contributed by atoms with E-state index in [1.807, 2.05) is 25.7 Å². The largest absolute Gasteiger partial charge is 0.443 e. The molecule has 0 radical (unpaired) electrons. The molecule has 4 nitrogen and oxygen atoms in total. The molecule has 2 atom stereocenters. The van der Waals surface area contributed by atoms with E-state index in [2.05, 4.69) is 5.32 Å². The summed E-state index contributed by atoms with van der Waals surface area (Å²) in [4.78, 5) is 13.8. The van der Waals surface area contributed by atoms with Crippen molar-refractivity contribution >= 4 is 6.09 Å². The van der Waals surface area contributed by atoms with Gasteiger partial charge < -0.3 is 15.0 Å². The van der Waals surface area contributed by atoms with Crippen molar-refractivity contribution in [2.45, 2.75) is 51.3 Å². The van der Waals surface area contributed by atoms with Crippen LogP contribution in [0.25, 0.3) is 0 Å². The molecule has 0 spiro atoms. The summed E-state index contributed by atoms with van der Waals surface area (Å²) < 4.78 is 5.48. The maximum Gasteiger partial charge on any atom is 0.410 e. The van der Waals surface area contributed by atoms with E-state index in [4.69, 9.17) is 4.74 Å². The highest BCUT2D eigenvalue weighted by Crippen LogP contribution is 2.25. The van der Waals surface area contributed by atoms with Gasteiger partial charge >= 0.3 is 6.09 Å². The highest BCUT2D eigenvalue weighted by molar-refractivity contribution is 5.69. The Morgan fingerprint density at radius 1 is 1.60 bits per heavy atom. The van der Waals surface area contributed by atoms with E-state index >= 15 is 0 Å². The maximum atomic E-state index is 11.9. The molecule has 2 heterocycles. The third-order valence-electron chi connectivity index (χ3n) is 3.51. The molecule has 2 fully saturated rings. The van der Waals surface area contributed by atoms with Crippen LogP contribution in [-0.2, 0) is 4.74 Å². The van der Waals surface area contributed by atoms with Crippen molar-refractivity contribution in [3.05, 3.63) is 0 Å². The van der Waals surface area contributed by atoms with Gasteiger partial charge in [0.1, 0.15) is 5.60 Å². The highest BCUT2D eigenvalue weighted by atomic mass is 16.6. The third-order valence-corrected chi connectivity index (χ3v) is 3.51. The summed E-state index contributed by atoms with van der Waals surface area (Å²) in [5.74, 6) is 0. The molecule has 86 valence electrons. The van der Waals surface area contributed by atoms with Crippen molar-refractivity contribution < 1.29 is 9.53 Å². The average molecular weight is 212 g/mol. The minimum atomic E-state index is -0.341. The molecule has 0 aromatic heterocycles. The Hall–Kier alpha value is -0.770. The predicted molar refractivity (Wildman–Crippen MR) is 57.8 cm³/mol. The van der Waals surface area contributed by atoms with E-state index in [0.29, 0.717) is 12.1 Å². The van der Waals surface area contributed by atoms with E-state index in [1.54, 1.807) is 0 Å². The summed E-state index contributed by atoms with van der Waals surface area (Å²) >= 11 is 0. The lowest BCUT2D eigenvalue weighted by Crippen LogP contribution is -2.48. The Morgan fingerprint density at radius 2 is 2.33 bits per heavy atom. The number of nitrogens with one attached hydrogen (secondary N) is 1. The first-order valence-electron chi connectivity index (χ1n) is 5.75. The summed E-state index contributed by atoms with van der Waals surface area (Å²) in [6.07, 6.45) is 1.79. The molecule has 15 heavy (non-hydrogen) atoms. The van der Waals surface area contributed by atoms with E-state index in [0.717, 1.165) is 25.9 Å². The Bertz CT molecular complexity index is 265. The number of hydrogen-bond acceptors (Lipinski definition) is 3. The van der Waals surface area contributed by atoms with Crippen LogP contribution in [0.1, 0.15) is 33.6 Å². The van der Waals surface area contributed by atoms with Crippen LogP contribution < -0.4 is 5.32 Å². The monoisotopic (exact) mass is 212 g/mol. The first-order valence-corrected chi connectivity index (χ1v) is 5.75. The number of likely N-dealkylation sites (tertiary alicyclic amines) is 1. The molecule has 2 rings (SSSR count). The second-order valence-corrected chi connectivity index (χ2v) is 5.13. The van der Waals surface area contributed by atoms with Gasteiger partial charge in [-0.05, 0) is 26.7 Å². The van der Waals surface area contributed by atoms with Crippen molar-refractivity contribution in [3.63, 3.8) is 0 Å². The smallest absolute Gasteiger partial charge is 0.410 e.